The Balaban J connectivity index is 2.73. The molecule has 1 rings (SSSR count). The van der Waals surface area contributed by atoms with Gasteiger partial charge in [0.1, 0.15) is 11.5 Å². The first kappa shape index (κ1) is 15.1. The number of hydrogen-bond acceptors (Lipinski definition) is 3. The van der Waals surface area contributed by atoms with E-state index in [9.17, 15) is 4.79 Å². The third kappa shape index (κ3) is 5.04. The molecule has 1 aromatic rings. The monoisotopic (exact) mass is 263 g/mol. The zero-order valence-corrected chi connectivity index (χ0v) is 11.9. The van der Waals surface area contributed by atoms with Crippen molar-refractivity contribution < 1.29 is 14.3 Å². The second-order valence-electron chi connectivity index (χ2n) is 4.58. The summed E-state index contributed by atoms with van der Waals surface area (Å²) in [5.74, 6) is 1.73. The molecule has 0 bridgehead atoms. The lowest BCUT2D eigenvalue weighted by Crippen LogP contribution is -2.25. The Hall–Kier alpha value is -1.97. The van der Waals surface area contributed by atoms with Gasteiger partial charge in [-0.2, -0.15) is 0 Å². The van der Waals surface area contributed by atoms with Crippen LogP contribution in [0, 0.1) is 5.92 Å². The lowest BCUT2D eigenvalue weighted by atomic mass is 10.1. The number of methoxy groups -OCH3 is 2. The molecule has 1 N–H and O–H groups in total. The number of ether oxygens (including phenoxy) is 2. The highest BCUT2D eigenvalue weighted by atomic mass is 16.5. The van der Waals surface area contributed by atoms with Crippen LogP contribution in [-0.2, 0) is 4.79 Å². The summed E-state index contributed by atoms with van der Waals surface area (Å²) in [4.78, 5) is 11.6. The SMILES string of the molecule is COc1ccc(/C=C/C(=O)NCC(C)C)c(OC)c1. The van der Waals surface area contributed by atoms with Crippen molar-refractivity contribution >= 4 is 12.0 Å². The molecule has 0 saturated heterocycles. The van der Waals surface area contributed by atoms with Crippen LogP contribution in [0.3, 0.4) is 0 Å². The van der Waals surface area contributed by atoms with E-state index in [1.807, 2.05) is 12.1 Å². The summed E-state index contributed by atoms with van der Waals surface area (Å²) in [6.45, 7) is 4.77. The topological polar surface area (TPSA) is 47.6 Å². The zero-order valence-electron chi connectivity index (χ0n) is 11.9. The van der Waals surface area contributed by atoms with Crippen molar-refractivity contribution in [3.8, 4) is 11.5 Å². The van der Waals surface area contributed by atoms with Crippen LogP contribution >= 0.6 is 0 Å². The van der Waals surface area contributed by atoms with Crippen LogP contribution in [0.1, 0.15) is 19.4 Å². The van der Waals surface area contributed by atoms with Crippen LogP contribution in [0.5, 0.6) is 11.5 Å². The van der Waals surface area contributed by atoms with E-state index >= 15 is 0 Å². The second-order valence-corrected chi connectivity index (χ2v) is 4.58. The summed E-state index contributed by atoms with van der Waals surface area (Å²) in [6, 6.07) is 5.46. The van der Waals surface area contributed by atoms with Crippen molar-refractivity contribution in [2.24, 2.45) is 5.92 Å². The third-order valence-electron chi connectivity index (χ3n) is 2.54. The molecular weight excluding hydrogens is 242 g/mol. The van der Waals surface area contributed by atoms with Crippen molar-refractivity contribution in [2.75, 3.05) is 20.8 Å². The second kappa shape index (κ2) is 7.46. The van der Waals surface area contributed by atoms with Crippen molar-refractivity contribution in [2.45, 2.75) is 13.8 Å². The minimum atomic E-state index is -0.105. The highest BCUT2D eigenvalue weighted by Gasteiger charge is 2.03. The largest absolute Gasteiger partial charge is 0.497 e. The molecule has 0 spiro atoms. The van der Waals surface area contributed by atoms with Gasteiger partial charge in [0.25, 0.3) is 0 Å². The van der Waals surface area contributed by atoms with Gasteiger partial charge in [-0.3, -0.25) is 4.79 Å². The maximum Gasteiger partial charge on any atom is 0.244 e. The van der Waals surface area contributed by atoms with Crippen LogP contribution < -0.4 is 14.8 Å². The molecule has 0 aliphatic heterocycles. The molecule has 19 heavy (non-hydrogen) atoms. The molecule has 0 aromatic heterocycles. The first-order valence-electron chi connectivity index (χ1n) is 6.24. The Kier molecular flexibility index (Phi) is 5.93. The van der Waals surface area contributed by atoms with Crippen LogP contribution in [0.25, 0.3) is 6.08 Å². The molecule has 0 aliphatic carbocycles. The van der Waals surface area contributed by atoms with E-state index in [2.05, 4.69) is 19.2 Å². The van der Waals surface area contributed by atoms with Gasteiger partial charge in [-0.05, 0) is 24.1 Å². The van der Waals surface area contributed by atoms with Gasteiger partial charge in [-0.1, -0.05) is 13.8 Å². The number of nitrogens with one attached hydrogen (secondary N) is 1. The van der Waals surface area contributed by atoms with Crippen LogP contribution in [0.4, 0.5) is 0 Å². The van der Waals surface area contributed by atoms with E-state index in [1.165, 1.54) is 6.08 Å². The van der Waals surface area contributed by atoms with E-state index in [4.69, 9.17) is 9.47 Å². The average Bonchev–Trinajstić information content (AvgIpc) is 2.42. The summed E-state index contributed by atoms with van der Waals surface area (Å²) in [5.41, 5.74) is 0.836. The van der Waals surface area contributed by atoms with Crippen LogP contribution in [0.2, 0.25) is 0 Å². The molecule has 1 aromatic carbocycles. The van der Waals surface area contributed by atoms with E-state index in [0.717, 1.165) is 11.3 Å². The quantitative estimate of drug-likeness (QED) is 0.802. The van der Waals surface area contributed by atoms with Gasteiger partial charge in [-0.15, -0.1) is 0 Å². The minimum absolute atomic E-state index is 0.105. The number of carbonyl (C=O) groups is 1. The Morgan fingerprint density at radius 1 is 1.32 bits per heavy atom. The van der Waals surface area contributed by atoms with Crippen molar-refractivity contribution in [1.82, 2.24) is 5.32 Å². The molecule has 0 atom stereocenters. The van der Waals surface area contributed by atoms with E-state index in [-0.39, 0.29) is 5.91 Å². The van der Waals surface area contributed by atoms with Crippen molar-refractivity contribution in [1.29, 1.82) is 0 Å². The summed E-state index contributed by atoms with van der Waals surface area (Å²) in [5, 5.41) is 2.82. The maximum atomic E-state index is 11.6. The highest BCUT2D eigenvalue weighted by Crippen LogP contribution is 2.25. The molecule has 0 radical (unpaired) electrons. The predicted octanol–water partition coefficient (Wildman–Crippen LogP) is 2.49. The van der Waals surface area contributed by atoms with Crippen LogP contribution in [0.15, 0.2) is 24.3 Å². The molecule has 0 aliphatic rings. The van der Waals surface area contributed by atoms with E-state index in [1.54, 1.807) is 26.4 Å². The smallest absolute Gasteiger partial charge is 0.244 e. The molecule has 0 saturated carbocycles. The lowest BCUT2D eigenvalue weighted by molar-refractivity contribution is -0.116. The van der Waals surface area contributed by atoms with E-state index < -0.39 is 0 Å². The highest BCUT2D eigenvalue weighted by molar-refractivity contribution is 5.92. The van der Waals surface area contributed by atoms with Crippen molar-refractivity contribution in [3.63, 3.8) is 0 Å². The summed E-state index contributed by atoms with van der Waals surface area (Å²) >= 11 is 0. The number of rotatable bonds is 6. The summed E-state index contributed by atoms with van der Waals surface area (Å²) in [7, 11) is 3.19. The van der Waals surface area contributed by atoms with Gasteiger partial charge >= 0.3 is 0 Å². The Morgan fingerprint density at radius 3 is 2.63 bits per heavy atom. The first-order valence-corrected chi connectivity index (χ1v) is 6.24. The van der Waals surface area contributed by atoms with Gasteiger partial charge in [0.05, 0.1) is 14.2 Å². The Bertz CT molecular complexity index is 453. The molecule has 0 unspecified atom stereocenters. The van der Waals surface area contributed by atoms with Crippen LogP contribution in [-0.4, -0.2) is 26.7 Å². The third-order valence-corrected chi connectivity index (χ3v) is 2.54. The number of hydrogen-bond donors (Lipinski definition) is 1. The predicted molar refractivity (Wildman–Crippen MR) is 76.4 cm³/mol. The molecule has 4 heteroatoms. The van der Waals surface area contributed by atoms with Gasteiger partial charge in [0.2, 0.25) is 5.91 Å². The standard InChI is InChI=1S/C15H21NO3/c1-11(2)10-16-15(17)8-6-12-5-7-13(18-3)9-14(12)19-4/h5-9,11H,10H2,1-4H3,(H,16,17)/b8-6+. The molecular formula is C15H21NO3. The summed E-state index contributed by atoms with van der Waals surface area (Å²) in [6.07, 6.45) is 3.24. The van der Waals surface area contributed by atoms with Gasteiger partial charge < -0.3 is 14.8 Å². The maximum absolute atomic E-state index is 11.6. The fourth-order valence-corrected chi connectivity index (χ4v) is 1.49. The Morgan fingerprint density at radius 2 is 2.05 bits per heavy atom. The fourth-order valence-electron chi connectivity index (χ4n) is 1.49. The number of benzene rings is 1. The average molecular weight is 263 g/mol. The number of amides is 1. The van der Waals surface area contributed by atoms with Gasteiger partial charge in [-0.25, -0.2) is 0 Å². The molecule has 0 heterocycles. The van der Waals surface area contributed by atoms with E-state index in [0.29, 0.717) is 18.2 Å². The first-order chi connectivity index (χ1) is 9.06. The molecule has 4 nitrogen and oxygen atoms in total. The molecule has 104 valence electrons. The zero-order chi connectivity index (χ0) is 14.3. The Labute approximate surface area is 114 Å². The fraction of sp³-hybridized carbons (Fsp3) is 0.400. The normalized spacial score (nSPS) is 10.8. The molecule has 0 fully saturated rings. The number of carbonyl (C=O) groups excluding carboxylic acids is 1. The summed E-state index contributed by atoms with van der Waals surface area (Å²) < 4.78 is 10.4. The van der Waals surface area contributed by atoms with Gasteiger partial charge in [0, 0.05) is 24.3 Å². The lowest BCUT2D eigenvalue weighted by Gasteiger charge is -2.07. The molecule has 1 amide bonds. The minimum Gasteiger partial charge on any atom is -0.497 e. The van der Waals surface area contributed by atoms with Gasteiger partial charge in [0.15, 0.2) is 0 Å². The van der Waals surface area contributed by atoms with Crippen molar-refractivity contribution in [3.05, 3.63) is 29.8 Å².